The van der Waals surface area contributed by atoms with E-state index in [0.29, 0.717) is 11.0 Å². The minimum atomic E-state index is 0. The predicted octanol–water partition coefficient (Wildman–Crippen LogP) is 3.47. The molecule has 0 unspecified atom stereocenters. The Bertz CT molecular complexity index is 1020. The molecule has 2 heterocycles. The first-order valence-corrected chi connectivity index (χ1v) is 8.43. The second-order valence-electron chi connectivity index (χ2n) is 6.57. The monoisotopic (exact) mass is 353 g/mol. The van der Waals surface area contributed by atoms with E-state index in [2.05, 4.69) is 9.97 Å². The zero-order valence-electron chi connectivity index (χ0n) is 16.0. The fourth-order valence-corrected chi connectivity index (χ4v) is 2.99. The molecule has 5 heteroatoms. The summed E-state index contributed by atoms with van der Waals surface area (Å²) in [7, 11) is 0. The summed E-state index contributed by atoms with van der Waals surface area (Å²) < 4.78 is 0. The number of hydrogen-bond donors (Lipinski definition) is 0. The maximum absolute atomic E-state index is 11.5. The molecule has 0 aliphatic carbocycles. The number of pyridine rings is 2. The van der Waals surface area contributed by atoms with Crippen LogP contribution in [-0.2, 0) is 0 Å². The van der Waals surface area contributed by atoms with Gasteiger partial charge in [-0.05, 0) is 63.1 Å². The van der Waals surface area contributed by atoms with Crippen LogP contribution in [0.2, 0.25) is 0 Å². The van der Waals surface area contributed by atoms with Crippen LogP contribution in [-0.4, -0.2) is 20.1 Å². The summed E-state index contributed by atoms with van der Waals surface area (Å²) in [5.41, 5.74) is 5.34. The van der Waals surface area contributed by atoms with E-state index in [1.807, 2.05) is 52.0 Å². The van der Waals surface area contributed by atoms with Crippen LogP contribution in [0.4, 0.5) is 0 Å². The van der Waals surface area contributed by atoms with Crippen molar-refractivity contribution in [2.24, 2.45) is 0 Å². The Labute approximate surface area is 162 Å². The van der Waals surface area contributed by atoms with Gasteiger partial charge in [0.15, 0.2) is 0 Å². The number of rotatable bonds is 0. The molecule has 0 N–H and O–H groups in total. The van der Waals surface area contributed by atoms with Crippen LogP contribution in [0.3, 0.4) is 0 Å². The summed E-state index contributed by atoms with van der Waals surface area (Å²) in [6.07, 6.45) is 3.35. The number of hydrogen-bond acceptors (Lipinski definition) is 4. The van der Waals surface area contributed by atoms with Crippen LogP contribution in [0.5, 0.6) is 11.5 Å². The summed E-state index contributed by atoms with van der Waals surface area (Å²) in [5.74, 6) is 0.0254. The van der Waals surface area contributed by atoms with Crippen molar-refractivity contribution < 1.29 is 10.2 Å². The summed E-state index contributed by atoms with van der Waals surface area (Å²) in [5, 5.41) is 24.9. The molecule has 0 saturated heterocycles. The van der Waals surface area contributed by atoms with Gasteiger partial charge in [-0.3, -0.25) is 9.97 Å². The summed E-state index contributed by atoms with van der Waals surface area (Å²) in [6, 6.07) is 11.1. The molecule has 2 aromatic heterocycles. The van der Waals surface area contributed by atoms with Crippen LogP contribution in [0.1, 0.15) is 22.3 Å². The van der Waals surface area contributed by atoms with Gasteiger partial charge in [0.1, 0.15) is 0 Å². The number of aryl methyl sites for hydroxylation is 4. The third kappa shape index (κ3) is 4.24. The quantitative estimate of drug-likeness (QED) is 0.454. The molecule has 0 saturated carbocycles. The van der Waals surface area contributed by atoms with Crippen LogP contribution < -0.4 is 10.2 Å². The van der Waals surface area contributed by atoms with Crippen molar-refractivity contribution in [1.82, 2.24) is 9.97 Å². The van der Waals surface area contributed by atoms with E-state index in [4.69, 9.17) is 0 Å². The number of nitrogens with zero attached hydrogens (tertiary/aromatic N) is 2. The van der Waals surface area contributed by atoms with Gasteiger partial charge in [0.2, 0.25) is 0 Å². The van der Waals surface area contributed by atoms with Gasteiger partial charge in [-0.2, -0.15) is 0 Å². The molecule has 4 rings (SSSR count). The van der Waals surface area contributed by atoms with E-state index >= 15 is 0 Å². The largest absolute Gasteiger partial charge is 2.00 e. The summed E-state index contributed by atoms with van der Waals surface area (Å²) in [4.78, 5) is 8.14. The van der Waals surface area contributed by atoms with Crippen LogP contribution >= 0.6 is 0 Å². The normalized spacial score (nSPS) is 10.2. The first-order valence-electron chi connectivity index (χ1n) is 8.43. The zero-order chi connectivity index (χ0) is 18.8. The Balaban J connectivity index is 0.000000187. The van der Waals surface area contributed by atoms with Gasteiger partial charge in [0.05, 0.1) is 11.0 Å². The van der Waals surface area contributed by atoms with Gasteiger partial charge in [0, 0.05) is 23.2 Å². The topological polar surface area (TPSA) is 71.9 Å². The molecule has 4 aromatic rings. The van der Waals surface area contributed by atoms with Gasteiger partial charge in [-0.1, -0.05) is 34.8 Å². The maximum atomic E-state index is 11.5. The average molecular weight is 353 g/mol. The summed E-state index contributed by atoms with van der Waals surface area (Å²) in [6.45, 7) is 7.83. The third-order valence-corrected chi connectivity index (χ3v) is 4.34. The van der Waals surface area contributed by atoms with Crippen molar-refractivity contribution in [3.05, 3.63) is 71.0 Å². The molecule has 0 spiro atoms. The first-order chi connectivity index (χ1) is 12.4. The maximum Gasteiger partial charge on any atom is 2.00 e. The first kappa shape index (κ1) is 20.3. The van der Waals surface area contributed by atoms with Gasteiger partial charge < -0.3 is 10.2 Å². The Kier molecular flexibility index (Phi) is 6.14. The van der Waals surface area contributed by atoms with Crippen molar-refractivity contribution in [1.29, 1.82) is 0 Å². The fraction of sp³-hybridized carbons (Fsp3) is 0.182. The Morgan fingerprint density at radius 3 is 1.37 bits per heavy atom. The van der Waals surface area contributed by atoms with Gasteiger partial charge in [0.25, 0.3) is 0 Å². The minimum Gasteiger partial charge on any atom is -0.871 e. The second kappa shape index (κ2) is 8.15. The molecule has 0 amide bonds. The smallest absolute Gasteiger partial charge is 0.871 e. The molecule has 0 atom stereocenters. The van der Waals surface area contributed by atoms with Gasteiger partial charge in [-0.25, -0.2) is 0 Å². The molecule has 0 aliphatic heterocycles. The molecule has 0 radical (unpaired) electrons. The Morgan fingerprint density at radius 2 is 1.00 bits per heavy atom. The van der Waals surface area contributed by atoms with E-state index < -0.39 is 0 Å². The van der Waals surface area contributed by atoms with E-state index in [0.717, 1.165) is 33.0 Å². The second-order valence-corrected chi connectivity index (χ2v) is 6.57. The molecule has 0 fully saturated rings. The Morgan fingerprint density at radius 1 is 0.630 bits per heavy atom. The summed E-state index contributed by atoms with van der Waals surface area (Å²) >= 11 is 0. The van der Waals surface area contributed by atoms with Crippen LogP contribution in [0.15, 0.2) is 48.8 Å². The fourth-order valence-electron chi connectivity index (χ4n) is 2.99. The SMILES string of the molecule is Cc1cc([O-])c2nccc(C)c2c1.Cc1cc([O-])c2nccc(C)c2c1.[Be+2]. The number of aromatic nitrogens is 2. The van der Waals surface area contributed by atoms with Crippen LogP contribution in [0, 0.1) is 27.7 Å². The molecule has 132 valence electrons. The van der Waals surface area contributed by atoms with E-state index in [1.165, 1.54) is 0 Å². The molecule has 0 aliphatic rings. The molecule has 2 aromatic carbocycles. The van der Waals surface area contributed by atoms with Gasteiger partial charge in [-0.15, -0.1) is 0 Å². The van der Waals surface area contributed by atoms with Crippen LogP contribution in [0.25, 0.3) is 21.8 Å². The molecular formula is C22H20BeN2O2. The Hall–Kier alpha value is -2.97. The zero-order valence-corrected chi connectivity index (χ0v) is 16.0. The number of benzene rings is 2. The minimum absolute atomic E-state index is 0. The van der Waals surface area contributed by atoms with Crippen molar-refractivity contribution >= 4 is 31.9 Å². The van der Waals surface area contributed by atoms with Crippen molar-refractivity contribution in [2.45, 2.75) is 27.7 Å². The molecular weight excluding hydrogens is 333 g/mol. The molecule has 0 bridgehead atoms. The van der Waals surface area contributed by atoms with Crippen molar-refractivity contribution in [3.8, 4) is 11.5 Å². The van der Waals surface area contributed by atoms with Gasteiger partial charge >= 0.3 is 10.1 Å². The van der Waals surface area contributed by atoms with E-state index in [-0.39, 0.29) is 21.6 Å². The number of fused-ring (bicyclic) bond motifs is 2. The third-order valence-electron chi connectivity index (χ3n) is 4.34. The van der Waals surface area contributed by atoms with Crippen molar-refractivity contribution in [2.75, 3.05) is 0 Å². The van der Waals surface area contributed by atoms with Crippen molar-refractivity contribution in [3.63, 3.8) is 0 Å². The van der Waals surface area contributed by atoms with E-state index in [9.17, 15) is 10.2 Å². The standard InChI is InChI=1S/2C11H11NO.Be/c2*1-7-5-9-8(2)3-4-12-11(9)10(13)6-7;/h2*3-6,13H,1-2H3;/q;;+2/p-2. The average Bonchev–Trinajstić information content (AvgIpc) is 2.57. The predicted molar refractivity (Wildman–Crippen MR) is 107 cm³/mol. The van der Waals surface area contributed by atoms with E-state index in [1.54, 1.807) is 24.5 Å². The molecule has 27 heavy (non-hydrogen) atoms. The molecule has 4 nitrogen and oxygen atoms in total.